The number of anilines is 2. The van der Waals surface area contributed by atoms with E-state index in [-0.39, 0.29) is 36.3 Å². The minimum absolute atomic E-state index is 0. The molecule has 2 saturated heterocycles. The maximum atomic E-state index is 10.6. The van der Waals surface area contributed by atoms with Crippen LogP contribution in [-0.4, -0.2) is 78.9 Å². The maximum absolute atomic E-state index is 10.6. The first-order chi connectivity index (χ1) is 25.9. The maximum Gasteiger partial charge on any atom is 0.490 e. The van der Waals surface area contributed by atoms with Gasteiger partial charge in [-0.25, -0.2) is 4.79 Å². The molecule has 0 bridgehead atoms. The van der Waals surface area contributed by atoms with Crippen LogP contribution < -0.4 is 16.8 Å². The van der Waals surface area contributed by atoms with Crippen LogP contribution >= 0.6 is 24.8 Å². The van der Waals surface area contributed by atoms with E-state index >= 15 is 0 Å². The number of nitrogen functional groups attached to an aromatic ring is 2. The van der Waals surface area contributed by atoms with Gasteiger partial charge in [0.05, 0.1) is 11.4 Å². The number of phenols is 2. The zero-order chi connectivity index (χ0) is 38.7. The van der Waals surface area contributed by atoms with Gasteiger partial charge in [0.1, 0.15) is 23.1 Å². The number of para-hydroxylation sites is 2. The summed E-state index contributed by atoms with van der Waals surface area (Å²) in [5.74, 6) is -0.559. The van der Waals surface area contributed by atoms with Crippen molar-refractivity contribution >= 4 is 42.4 Å². The number of piperidine rings is 2. The molecule has 300 valence electrons. The van der Waals surface area contributed by atoms with Crippen LogP contribution in [0.25, 0.3) is 22.5 Å². The third kappa shape index (κ3) is 12.4. The Bertz CT molecular complexity index is 2000. The number of phenolic OH excluding ortho intramolecular Hbond substituents is 2. The minimum atomic E-state index is -5.08. The van der Waals surface area contributed by atoms with E-state index < -0.39 is 12.1 Å². The van der Waals surface area contributed by atoms with Crippen LogP contribution in [0.1, 0.15) is 54.2 Å². The molecule has 17 heteroatoms. The summed E-state index contributed by atoms with van der Waals surface area (Å²) in [7, 11) is 0. The molecule has 5 aromatic rings. The average molecular weight is 818 g/mol. The Balaban J connectivity index is 0.000000256. The molecule has 0 aliphatic carbocycles. The molecule has 2 fully saturated rings. The molecule has 56 heavy (non-hydrogen) atoms. The van der Waals surface area contributed by atoms with Gasteiger partial charge in [0, 0.05) is 28.8 Å². The predicted molar refractivity (Wildman–Crippen MR) is 214 cm³/mol. The van der Waals surface area contributed by atoms with Gasteiger partial charge >= 0.3 is 12.1 Å². The molecule has 2 aliphatic heterocycles. The van der Waals surface area contributed by atoms with Crippen molar-refractivity contribution in [2.45, 2.75) is 50.2 Å². The molecule has 8 N–H and O–H groups in total. The molecule has 3 aromatic carbocycles. The van der Waals surface area contributed by atoms with E-state index in [4.69, 9.17) is 21.4 Å². The number of aliphatic carboxylic acids is 1. The number of hydrogen-bond acceptors (Lipinski definition) is 11. The number of likely N-dealkylation sites (tertiary alicyclic amines) is 1. The van der Waals surface area contributed by atoms with Gasteiger partial charge < -0.3 is 32.1 Å². The van der Waals surface area contributed by atoms with Gasteiger partial charge in [0.2, 0.25) is 0 Å². The molecule has 4 heterocycles. The predicted octanol–water partition coefficient (Wildman–Crippen LogP) is 7.19. The average Bonchev–Trinajstić information content (AvgIpc) is 3.17. The number of nitrogens with zero attached hydrogens (tertiary/aromatic N) is 5. The number of carboxylic acid groups (broad SMARTS) is 1. The SMILES string of the molecule is Cl.Cl.Nc1nnc(-c2ccccc2O)cc1C1CCN(Cc2ccccc2)CC1.Nc1nnc(-c2ccccc2O)cc1C1CCNCC1.O=C(O)C(F)(F)F. The minimum Gasteiger partial charge on any atom is -0.507 e. The molecule has 7 rings (SSSR count). The monoisotopic (exact) mass is 816 g/mol. The fourth-order valence-corrected chi connectivity index (χ4v) is 6.51. The van der Waals surface area contributed by atoms with Crippen molar-refractivity contribution in [3.05, 3.63) is 108 Å². The van der Waals surface area contributed by atoms with Crippen molar-refractivity contribution < 1.29 is 33.3 Å². The molecule has 0 radical (unpaired) electrons. The van der Waals surface area contributed by atoms with Crippen LogP contribution in [0.15, 0.2) is 91.0 Å². The highest BCUT2D eigenvalue weighted by Gasteiger charge is 2.38. The highest BCUT2D eigenvalue weighted by Crippen LogP contribution is 2.36. The number of nitrogens with one attached hydrogen (secondary N) is 1. The van der Waals surface area contributed by atoms with E-state index in [2.05, 4.69) is 60.9 Å². The molecule has 2 aliphatic rings. The standard InChI is InChI=1S/C22H24N4O.C15H18N4O.C2HF3O2.2ClH/c23-22-19(14-20(24-25-22)18-8-4-5-9-21(18)27)17-10-12-26(13-11-17)15-16-6-2-1-3-7-16;16-15-12(10-5-7-17-8-6-10)9-13(18-19-15)11-3-1-2-4-14(11)20;3-2(4,5)1(6)7;;/h1-9,14,17,27H,10-13,15H2,(H2,23,25);1-4,9-10,17,20H,5-8H2,(H2,16,19);(H,6,7);2*1H. The summed E-state index contributed by atoms with van der Waals surface area (Å²) in [6, 6.07) is 28.9. The van der Waals surface area contributed by atoms with Crippen LogP contribution in [0.5, 0.6) is 11.5 Å². The van der Waals surface area contributed by atoms with E-state index in [1.165, 1.54) is 5.56 Å². The van der Waals surface area contributed by atoms with Crippen LogP contribution in [0.4, 0.5) is 24.8 Å². The number of aromatic nitrogens is 4. The van der Waals surface area contributed by atoms with Gasteiger partial charge in [-0.2, -0.15) is 13.2 Å². The number of carboxylic acids is 1. The third-order valence-corrected chi connectivity index (χ3v) is 9.36. The van der Waals surface area contributed by atoms with Crippen molar-refractivity contribution in [1.82, 2.24) is 30.6 Å². The van der Waals surface area contributed by atoms with Crippen molar-refractivity contribution in [1.29, 1.82) is 0 Å². The van der Waals surface area contributed by atoms with Crippen LogP contribution in [-0.2, 0) is 11.3 Å². The Morgan fingerprint density at radius 1 is 0.696 bits per heavy atom. The second-order valence-electron chi connectivity index (χ2n) is 13.0. The molecule has 0 unspecified atom stereocenters. The molecule has 0 amide bonds. The van der Waals surface area contributed by atoms with Crippen molar-refractivity contribution in [2.24, 2.45) is 0 Å². The largest absolute Gasteiger partial charge is 0.507 e. The van der Waals surface area contributed by atoms with Crippen LogP contribution in [0, 0.1) is 0 Å². The van der Waals surface area contributed by atoms with Gasteiger partial charge in [-0.05, 0) is 106 Å². The Morgan fingerprint density at radius 2 is 1.11 bits per heavy atom. The Morgan fingerprint density at radius 3 is 1.54 bits per heavy atom. The summed E-state index contributed by atoms with van der Waals surface area (Å²) in [5, 5.41) is 47.0. The van der Waals surface area contributed by atoms with E-state index in [9.17, 15) is 23.4 Å². The third-order valence-electron chi connectivity index (χ3n) is 9.36. The molecule has 0 saturated carbocycles. The van der Waals surface area contributed by atoms with Gasteiger partial charge in [-0.15, -0.1) is 45.2 Å². The second kappa shape index (κ2) is 21.2. The number of nitrogens with two attached hydrogens (primary N) is 2. The number of halogens is 5. The summed E-state index contributed by atoms with van der Waals surface area (Å²) in [5.41, 5.74) is 18.3. The van der Waals surface area contributed by atoms with E-state index in [0.29, 0.717) is 46.0 Å². The summed E-state index contributed by atoms with van der Waals surface area (Å²) in [6.45, 7) is 5.05. The number of hydrogen-bond donors (Lipinski definition) is 6. The normalized spacial score (nSPS) is 14.8. The first kappa shape index (κ1) is 45.2. The van der Waals surface area contributed by atoms with E-state index in [0.717, 1.165) is 69.5 Å². The zero-order valence-electron chi connectivity index (χ0n) is 30.3. The Hall–Kier alpha value is -5.22. The number of carbonyl (C=O) groups is 1. The fourth-order valence-electron chi connectivity index (χ4n) is 6.51. The lowest BCUT2D eigenvalue weighted by Crippen LogP contribution is -2.32. The van der Waals surface area contributed by atoms with E-state index in [1.54, 1.807) is 24.3 Å². The molecule has 2 aromatic heterocycles. The Kier molecular flexibility index (Phi) is 17.1. The summed E-state index contributed by atoms with van der Waals surface area (Å²) >= 11 is 0. The highest BCUT2D eigenvalue weighted by molar-refractivity contribution is 5.85. The molecule has 12 nitrogen and oxygen atoms in total. The Labute approximate surface area is 335 Å². The number of alkyl halides is 3. The number of aromatic hydroxyl groups is 2. The van der Waals surface area contributed by atoms with Crippen molar-refractivity contribution in [2.75, 3.05) is 37.6 Å². The topological polar surface area (TPSA) is 197 Å². The lowest BCUT2D eigenvalue weighted by Gasteiger charge is -2.32. The highest BCUT2D eigenvalue weighted by atomic mass is 35.5. The van der Waals surface area contributed by atoms with E-state index in [1.807, 2.05) is 36.4 Å². The summed E-state index contributed by atoms with van der Waals surface area (Å²) in [6.07, 6.45) is -0.891. The van der Waals surface area contributed by atoms with Crippen molar-refractivity contribution in [3.63, 3.8) is 0 Å². The quantitative estimate of drug-likeness (QED) is 0.101. The first-order valence-corrected chi connectivity index (χ1v) is 17.5. The smallest absolute Gasteiger partial charge is 0.490 e. The van der Waals surface area contributed by atoms with Crippen LogP contribution in [0.2, 0.25) is 0 Å². The van der Waals surface area contributed by atoms with Gasteiger partial charge in [-0.3, -0.25) is 4.90 Å². The summed E-state index contributed by atoms with van der Waals surface area (Å²) in [4.78, 5) is 11.4. The van der Waals surface area contributed by atoms with Gasteiger partial charge in [-0.1, -0.05) is 54.6 Å². The van der Waals surface area contributed by atoms with Crippen LogP contribution in [0.3, 0.4) is 0 Å². The first-order valence-electron chi connectivity index (χ1n) is 17.5. The lowest BCUT2D eigenvalue weighted by molar-refractivity contribution is -0.192. The van der Waals surface area contributed by atoms with Crippen molar-refractivity contribution in [3.8, 4) is 34.0 Å². The fraction of sp³-hybridized carbons (Fsp3) is 0.308. The zero-order valence-corrected chi connectivity index (χ0v) is 31.9. The number of rotatable bonds is 6. The summed E-state index contributed by atoms with van der Waals surface area (Å²) < 4.78 is 31.7. The molecule has 0 atom stereocenters. The molecule has 0 spiro atoms. The lowest BCUT2D eigenvalue weighted by atomic mass is 9.89. The van der Waals surface area contributed by atoms with Gasteiger partial charge in [0.15, 0.2) is 0 Å². The second-order valence-corrected chi connectivity index (χ2v) is 13.0. The molecular weight excluding hydrogens is 772 g/mol. The molecular formula is C39H45Cl2F3N8O4. The number of benzene rings is 3. The van der Waals surface area contributed by atoms with Gasteiger partial charge in [0.25, 0.3) is 0 Å².